The van der Waals surface area contributed by atoms with Crippen molar-refractivity contribution in [3.63, 3.8) is 0 Å². The van der Waals surface area contributed by atoms with Gasteiger partial charge in [-0.05, 0) is 24.8 Å². The van der Waals surface area contributed by atoms with E-state index < -0.39 is 0 Å². The molecule has 1 aliphatic heterocycles. The minimum atomic E-state index is -0.0809. The number of aromatic nitrogens is 2. The lowest BCUT2D eigenvalue weighted by Gasteiger charge is -2.07. The minimum Gasteiger partial charge on any atom is -0.416 e. The summed E-state index contributed by atoms with van der Waals surface area (Å²) < 4.78 is 5.64. The maximum atomic E-state index is 11.9. The van der Waals surface area contributed by atoms with Crippen LogP contribution in [-0.4, -0.2) is 39.8 Å². The van der Waals surface area contributed by atoms with Crippen LogP contribution in [0.25, 0.3) is 0 Å². The van der Waals surface area contributed by atoms with E-state index in [0.29, 0.717) is 11.1 Å². The summed E-state index contributed by atoms with van der Waals surface area (Å²) >= 11 is 1.38. The van der Waals surface area contributed by atoms with Gasteiger partial charge in [-0.1, -0.05) is 42.1 Å². The Kier molecular flexibility index (Phi) is 4.77. The topological polar surface area (TPSA) is 59.2 Å². The maximum absolute atomic E-state index is 11.9. The van der Waals surface area contributed by atoms with Gasteiger partial charge in [0.05, 0.1) is 5.25 Å². The third kappa shape index (κ3) is 3.68. The fourth-order valence-corrected chi connectivity index (χ4v) is 3.48. The molecule has 2 aromatic rings. The fourth-order valence-electron chi connectivity index (χ4n) is 2.50. The number of hydrogen-bond donors (Lipinski definition) is 0. The molecule has 0 unspecified atom stereocenters. The first kappa shape index (κ1) is 15.1. The van der Waals surface area contributed by atoms with Gasteiger partial charge in [0.25, 0.3) is 5.22 Å². The van der Waals surface area contributed by atoms with E-state index in [1.807, 2.05) is 25.2 Å². The van der Waals surface area contributed by atoms with E-state index in [4.69, 9.17) is 4.42 Å². The number of carbonyl (C=O) groups is 1. The molecule has 0 saturated carbocycles. The zero-order chi connectivity index (χ0) is 15.4. The molecule has 116 valence electrons. The highest BCUT2D eigenvalue weighted by Crippen LogP contribution is 2.29. The first-order chi connectivity index (χ1) is 10.7. The number of nitrogens with zero attached hydrogens (tertiary/aromatic N) is 3. The molecule has 22 heavy (non-hydrogen) atoms. The minimum absolute atomic E-state index is 0.0809. The Hall–Kier alpha value is -1.82. The molecule has 6 heteroatoms. The monoisotopic (exact) mass is 317 g/mol. The molecule has 1 atom stereocenters. The quantitative estimate of drug-likeness (QED) is 0.819. The van der Waals surface area contributed by atoms with Crippen molar-refractivity contribution in [3.8, 4) is 0 Å². The van der Waals surface area contributed by atoms with Gasteiger partial charge in [0.2, 0.25) is 11.8 Å². The molecule has 1 aromatic heterocycles. The molecule has 0 aliphatic carbocycles. The van der Waals surface area contributed by atoms with Crippen molar-refractivity contribution in [3.05, 3.63) is 41.8 Å². The van der Waals surface area contributed by atoms with Gasteiger partial charge in [-0.15, -0.1) is 10.2 Å². The van der Waals surface area contributed by atoms with Crippen molar-refractivity contribution in [1.29, 1.82) is 0 Å². The summed E-state index contributed by atoms with van der Waals surface area (Å²) in [4.78, 5) is 13.6. The molecule has 3 rings (SSSR count). The van der Waals surface area contributed by atoms with Crippen LogP contribution in [0.5, 0.6) is 0 Å². The molecule has 0 bridgehead atoms. The normalized spacial score (nSPS) is 18.1. The van der Waals surface area contributed by atoms with Crippen LogP contribution >= 0.6 is 11.8 Å². The van der Waals surface area contributed by atoms with Crippen LogP contribution in [0.1, 0.15) is 24.3 Å². The molecule has 0 spiro atoms. The number of thioether (sulfide) groups is 1. The van der Waals surface area contributed by atoms with E-state index in [-0.39, 0.29) is 11.2 Å². The van der Waals surface area contributed by atoms with E-state index in [2.05, 4.69) is 22.3 Å². The average Bonchev–Trinajstić information content (AvgIpc) is 3.10. The van der Waals surface area contributed by atoms with Gasteiger partial charge < -0.3 is 9.32 Å². The van der Waals surface area contributed by atoms with Gasteiger partial charge in [0, 0.05) is 20.0 Å². The standard InChI is InChI=1S/C16H19N3O2S/c1-19-11-10-13(15(19)20)22-16-18-17-14(21-16)9-5-8-12-6-3-2-4-7-12/h2-4,6-7,13H,5,8-11H2,1H3/t13-/m1/s1. The number of hydrogen-bond acceptors (Lipinski definition) is 5. The van der Waals surface area contributed by atoms with Gasteiger partial charge in [-0.3, -0.25) is 4.79 Å². The SMILES string of the molecule is CN1CC[C@@H](Sc2nnc(CCCc3ccccc3)o2)C1=O. The molecule has 1 aromatic carbocycles. The van der Waals surface area contributed by atoms with Gasteiger partial charge in [-0.25, -0.2) is 0 Å². The molecular weight excluding hydrogens is 298 g/mol. The third-order valence-electron chi connectivity index (χ3n) is 3.77. The second kappa shape index (κ2) is 6.96. The average molecular weight is 317 g/mol. The van der Waals surface area contributed by atoms with Crippen molar-refractivity contribution in [2.24, 2.45) is 0 Å². The number of carbonyl (C=O) groups excluding carboxylic acids is 1. The Labute approximate surface area is 134 Å². The van der Waals surface area contributed by atoms with Crippen molar-refractivity contribution >= 4 is 17.7 Å². The number of benzene rings is 1. The first-order valence-corrected chi connectivity index (χ1v) is 8.38. The van der Waals surface area contributed by atoms with Crippen LogP contribution in [0.3, 0.4) is 0 Å². The lowest BCUT2D eigenvalue weighted by molar-refractivity contribution is -0.126. The van der Waals surface area contributed by atoms with Gasteiger partial charge in [-0.2, -0.15) is 0 Å². The Bertz CT molecular complexity index is 629. The largest absolute Gasteiger partial charge is 0.416 e. The lowest BCUT2D eigenvalue weighted by Crippen LogP contribution is -2.23. The molecule has 2 heterocycles. The van der Waals surface area contributed by atoms with Gasteiger partial charge in [0.1, 0.15) is 0 Å². The van der Waals surface area contributed by atoms with Crippen LogP contribution in [0.4, 0.5) is 0 Å². The summed E-state index contributed by atoms with van der Waals surface area (Å²) in [6, 6.07) is 10.4. The second-order valence-corrected chi connectivity index (χ2v) is 6.61. The molecule has 1 saturated heterocycles. The zero-order valence-electron chi connectivity index (χ0n) is 12.6. The highest BCUT2D eigenvalue weighted by Gasteiger charge is 2.31. The van der Waals surface area contributed by atoms with Crippen molar-refractivity contribution < 1.29 is 9.21 Å². The summed E-state index contributed by atoms with van der Waals surface area (Å²) in [5.74, 6) is 0.797. The molecule has 1 amide bonds. The van der Waals surface area contributed by atoms with E-state index in [9.17, 15) is 4.79 Å². The molecular formula is C16H19N3O2S. The van der Waals surface area contributed by atoms with Crippen LogP contribution < -0.4 is 0 Å². The smallest absolute Gasteiger partial charge is 0.277 e. The van der Waals surface area contributed by atoms with Crippen LogP contribution in [-0.2, 0) is 17.6 Å². The van der Waals surface area contributed by atoms with Crippen LogP contribution in [0, 0.1) is 0 Å². The summed E-state index contributed by atoms with van der Waals surface area (Å²) in [7, 11) is 1.83. The summed E-state index contributed by atoms with van der Waals surface area (Å²) in [6.45, 7) is 0.800. The Morgan fingerprint density at radius 1 is 1.27 bits per heavy atom. The molecule has 0 N–H and O–H groups in total. The second-order valence-electron chi connectivity index (χ2n) is 5.46. The summed E-state index contributed by atoms with van der Waals surface area (Å²) in [6.07, 6.45) is 3.58. The van der Waals surface area contributed by atoms with Crippen molar-refractivity contribution in [2.45, 2.75) is 36.2 Å². The van der Waals surface area contributed by atoms with E-state index in [1.54, 1.807) is 4.90 Å². The van der Waals surface area contributed by atoms with E-state index >= 15 is 0 Å². The Morgan fingerprint density at radius 3 is 2.82 bits per heavy atom. The van der Waals surface area contributed by atoms with Gasteiger partial charge >= 0.3 is 0 Å². The van der Waals surface area contributed by atoms with Crippen LogP contribution in [0.2, 0.25) is 0 Å². The van der Waals surface area contributed by atoms with E-state index in [0.717, 1.165) is 32.2 Å². The first-order valence-electron chi connectivity index (χ1n) is 7.50. The summed E-state index contributed by atoms with van der Waals surface area (Å²) in [5, 5.41) is 8.53. The van der Waals surface area contributed by atoms with Crippen molar-refractivity contribution in [2.75, 3.05) is 13.6 Å². The molecule has 0 radical (unpaired) electrons. The fraction of sp³-hybridized carbons (Fsp3) is 0.438. The van der Waals surface area contributed by atoms with Crippen LogP contribution in [0.15, 0.2) is 40.0 Å². The van der Waals surface area contributed by atoms with E-state index in [1.165, 1.54) is 17.3 Å². The Balaban J connectivity index is 1.48. The predicted molar refractivity (Wildman–Crippen MR) is 84.7 cm³/mol. The number of rotatable bonds is 6. The highest BCUT2D eigenvalue weighted by molar-refractivity contribution is 8.00. The third-order valence-corrected chi connectivity index (χ3v) is 4.86. The number of amides is 1. The summed E-state index contributed by atoms with van der Waals surface area (Å²) in [5.41, 5.74) is 1.32. The number of aryl methyl sites for hydroxylation is 2. The molecule has 1 aliphatic rings. The Morgan fingerprint density at radius 2 is 2.09 bits per heavy atom. The molecule has 1 fully saturated rings. The lowest BCUT2D eigenvalue weighted by atomic mass is 10.1. The van der Waals surface area contributed by atoms with Gasteiger partial charge in [0.15, 0.2) is 0 Å². The maximum Gasteiger partial charge on any atom is 0.277 e. The molecule has 5 nitrogen and oxygen atoms in total. The zero-order valence-corrected chi connectivity index (χ0v) is 13.4. The number of likely N-dealkylation sites (tertiary alicyclic amines) is 1. The van der Waals surface area contributed by atoms with Crippen molar-refractivity contribution in [1.82, 2.24) is 15.1 Å². The predicted octanol–water partition coefficient (Wildman–Crippen LogP) is 2.57. The highest BCUT2D eigenvalue weighted by atomic mass is 32.2.